The molecule has 0 aliphatic carbocycles. The molecule has 1 aliphatic heterocycles. The van der Waals surface area contributed by atoms with Crippen molar-refractivity contribution in [1.29, 1.82) is 0 Å². The lowest BCUT2D eigenvalue weighted by Gasteiger charge is -2.20. The zero-order valence-electron chi connectivity index (χ0n) is 17.2. The minimum Gasteiger partial charge on any atom is -0.421 e. The van der Waals surface area contributed by atoms with Gasteiger partial charge in [-0.05, 0) is 31.2 Å². The number of carbonyl (C=O) groups is 2. The van der Waals surface area contributed by atoms with Crippen LogP contribution in [0, 0.1) is 11.6 Å². The number of fused-ring (bicyclic) bond motifs is 2. The van der Waals surface area contributed by atoms with Gasteiger partial charge in [0, 0.05) is 24.8 Å². The first-order chi connectivity index (χ1) is 15.9. The third-order valence-corrected chi connectivity index (χ3v) is 5.11. The van der Waals surface area contributed by atoms with Crippen LogP contribution in [-0.4, -0.2) is 49.5 Å². The minimum atomic E-state index is -0.882. The Hall–Kier alpha value is -4.41. The van der Waals surface area contributed by atoms with E-state index in [1.807, 2.05) is 0 Å². The van der Waals surface area contributed by atoms with Crippen molar-refractivity contribution in [3.8, 4) is 11.8 Å². The number of benzene rings is 2. The van der Waals surface area contributed by atoms with Gasteiger partial charge in [0.15, 0.2) is 23.0 Å². The van der Waals surface area contributed by atoms with Crippen LogP contribution in [-0.2, 0) is 0 Å². The highest BCUT2D eigenvalue weighted by Gasteiger charge is 2.35. The zero-order valence-corrected chi connectivity index (χ0v) is 17.2. The Morgan fingerprint density at radius 3 is 2.55 bits per heavy atom. The number of ether oxygens (including phenoxy) is 1. The van der Waals surface area contributed by atoms with Crippen molar-refractivity contribution in [1.82, 2.24) is 25.1 Å². The molecule has 2 aromatic carbocycles. The summed E-state index contributed by atoms with van der Waals surface area (Å²) < 4.78 is 32.2. The highest BCUT2D eigenvalue weighted by atomic mass is 19.1. The predicted octanol–water partition coefficient (Wildman–Crippen LogP) is 3.52. The lowest BCUT2D eigenvalue weighted by atomic mass is 10.1. The molecule has 2 N–H and O–H groups in total. The quantitative estimate of drug-likeness (QED) is 0.432. The van der Waals surface area contributed by atoms with Gasteiger partial charge >= 0.3 is 6.01 Å². The van der Waals surface area contributed by atoms with Crippen LogP contribution in [0.15, 0.2) is 48.7 Å². The first-order valence-corrected chi connectivity index (χ1v) is 9.96. The van der Waals surface area contributed by atoms with Crippen molar-refractivity contribution >= 4 is 28.7 Å². The highest BCUT2D eigenvalue weighted by molar-refractivity contribution is 6.21. The second kappa shape index (κ2) is 7.93. The van der Waals surface area contributed by atoms with Crippen LogP contribution >= 0.6 is 0 Å². The maximum atomic E-state index is 13.8. The maximum Gasteiger partial charge on any atom is 0.324 e. The normalized spacial score (nSPS) is 14.0. The molecule has 0 fully saturated rings. The topological polar surface area (TPSA) is 113 Å². The van der Waals surface area contributed by atoms with E-state index in [-0.39, 0.29) is 36.2 Å². The van der Waals surface area contributed by atoms with E-state index in [1.54, 1.807) is 31.2 Å². The molecule has 0 spiro atoms. The summed E-state index contributed by atoms with van der Waals surface area (Å²) in [5.41, 5.74) is 1.09. The monoisotopic (exact) mass is 450 g/mol. The van der Waals surface area contributed by atoms with Gasteiger partial charge in [-0.3, -0.25) is 19.6 Å². The van der Waals surface area contributed by atoms with Gasteiger partial charge < -0.3 is 10.1 Å². The van der Waals surface area contributed by atoms with Crippen molar-refractivity contribution < 1.29 is 23.1 Å². The Labute approximate surface area is 185 Å². The number of anilines is 1. The van der Waals surface area contributed by atoms with E-state index in [9.17, 15) is 18.4 Å². The fourth-order valence-corrected chi connectivity index (χ4v) is 3.57. The van der Waals surface area contributed by atoms with Crippen LogP contribution in [0.3, 0.4) is 0 Å². The zero-order chi connectivity index (χ0) is 23.1. The number of carbonyl (C=O) groups excluding carboxylic acids is 2. The number of aromatic nitrogens is 4. The summed E-state index contributed by atoms with van der Waals surface area (Å²) in [6, 6.07) is 9.10. The number of hydrogen-bond donors (Lipinski definition) is 2. The first-order valence-electron chi connectivity index (χ1n) is 9.96. The van der Waals surface area contributed by atoms with E-state index >= 15 is 0 Å². The summed E-state index contributed by atoms with van der Waals surface area (Å²) in [6.45, 7) is 1.94. The summed E-state index contributed by atoms with van der Waals surface area (Å²) in [7, 11) is 0. The molecule has 11 heteroatoms. The molecule has 166 valence electrons. The Balaban J connectivity index is 1.30. The molecule has 33 heavy (non-hydrogen) atoms. The molecule has 0 bridgehead atoms. The number of amides is 2. The van der Waals surface area contributed by atoms with Gasteiger partial charge in [-0.1, -0.05) is 12.1 Å². The second-order valence-electron chi connectivity index (χ2n) is 7.48. The molecule has 5 rings (SSSR count). The molecule has 1 atom stereocenters. The number of nitrogens with zero attached hydrogens (tertiary/aromatic N) is 4. The predicted molar refractivity (Wildman–Crippen MR) is 113 cm³/mol. The molecule has 1 aliphatic rings. The molecule has 4 aromatic rings. The molecule has 9 nitrogen and oxygen atoms in total. The molecule has 0 saturated carbocycles. The van der Waals surface area contributed by atoms with Crippen LogP contribution in [0.5, 0.6) is 11.8 Å². The maximum absolute atomic E-state index is 13.8. The van der Waals surface area contributed by atoms with Crippen LogP contribution in [0.25, 0.3) is 11.0 Å². The van der Waals surface area contributed by atoms with Gasteiger partial charge in [-0.2, -0.15) is 10.1 Å². The van der Waals surface area contributed by atoms with Gasteiger partial charge in [0.25, 0.3) is 11.8 Å². The van der Waals surface area contributed by atoms with Crippen LogP contribution in [0.1, 0.15) is 27.6 Å². The van der Waals surface area contributed by atoms with E-state index in [4.69, 9.17) is 4.74 Å². The highest BCUT2D eigenvalue weighted by Crippen LogP contribution is 2.26. The van der Waals surface area contributed by atoms with Gasteiger partial charge in [0.05, 0.1) is 16.5 Å². The molecule has 0 unspecified atom stereocenters. The van der Waals surface area contributed by atoms with Crippen molar-refractivity contribution in [2.45, 2.75) is 13.0 Å². The van der Waals surface area contributed by atoms with Crippen LogP contribution < -0.4 is 10.1 Å². The molecule has 3 heterocycles. The standard InChI is InChI=1S/C22H16F2N6O3/c1-11(10-30-20(31)13-4-2-3-5-14(13)21(30)32)26-18-15-9-25-22(27-19(15)29-28-18)33-17-7-6-12(23)8-16(17)24/h2-9,11H,10H2,1H3,(H2,25,26,27,28,29)/t11-/m1/s1. The van der Waals surface area contributed by atoms with Gasteiger partial charge in [0.2, 0.25) is 0 Å². The number of rotatable bonds is 6. The molecule has 2 amide bonds. The fraction of sp³-hybridized carbons (Fsp3) is 0.136. The fourth-order valence-electron chi connectivity index (χ4n) is 3.57. The van der Waals surface area contributed by atoms with Crippen molar-refractivity contribution in [3.63, 3.8) is 0 Å². The lowest BCUT2D eigenvalue weighted by molar-refractivity contribution is 0.0649. The number of H-pyrrole nitrogens is 1. The van der Waals surface area contributed by atoms with E-state index in [1.165, 1.54) is 11.1 Å². The molecule has 2 aromatic heterocycles. The number of nitrogens with one attached hydrogen (secondary N) is 2. The average Bonchev–Trinajstić information content (AvgIpc) is 3.30. The Morgan fingerprint density at radius 1 is 1.12 bits per heavy atom. The van der Waals surface area contributed by atoms with Crippen LogP contribution in [0.2, 0.25) is 0 Å². The third-order valence-electron chi connectivity index (χ3n) is 5.11. The van der Waals surface area contributed by atoms with Gasteiger partial charge in [-0.15, -0.1) is 0 Å². The Bertz CT molecular complexity index is 1370. The third kappa shape index (κ3) is 3.73. The summed E-state index contributed by atoms with van der Waals surface area (Å²) in [6.07, 6.45) is 1.43. The molecule has 0 saturated heterocycles. The largest absolute Gasteiger partial charge is 0.421 e. The van der Waals surface area contributed by atoms with Crippen molar-refractivity contribution in [3.05, 3.63) is 71.4 Å². The van der Waals surface area contributed by atoms with E-state index in [2.05, 4.69) is 25.5 Å². The summed E-state index contributed by atoms with van der Waals surface area (Å²) in [5.74, 6) is -2.09. The van der Waals surface area contributed by atoms with Crippen molar-refractivity contribution in [2.75, 3.05) is 11.9 Å². The number of halogens is 2. The lowest BCUT2D eigenvalue weighted by Crippen LogP contribution is -2.38. The van der Waals surface area contributed by atoms with E-state index < -0.39 is 11.6 Å². The number of hydrogen-bond acceptors (Lipinski definition) is 7. The molecular weight excluding hydrogens is 434 g/mol. The molecular formula is C22H16F2N6O3. The summed E-state index contributed by atoms with van der Waals surface area (Å²) in [4.78, 5) is 34.5. The van der Waals surface area contributed by atoms with Gasteiger partial charge in [-0.25, -0.2) is 13.8 Å². The Morgan fingerprint density at radius 2 is 1.85 bits per heavy atom. The van der Waals surface area contributed by atoms with Gasteiger partial charge in [0.1, 0.15) is 5.82 Å². The van der Waals surface area contributed by atoms with E-state index in [0.29, 0.717) is 34.0 Å². The number of imide groups is 1. The smallest absolute Gasteiger partial charge is 0.324 e. The molecule has 0 radical (unpaired) electrons. The van der Waals surface area contributed by atoms with Crippen molar-refractivity contribution in [2.24, 2.45) is 0 Å². The summed E-state index contributed by atoms with van der Waals surface area (Å²) in [5, 5.41) is 10.5. The first kappa shape index (κ1) is 20.5. The SMILES string of the molecule is C[C@H](CN1C(=O)c2ccccc2C1=O)Nc1n[nH]c2nc(Oc3ccc(F)cc3F)ncc12. The van der Waals surface area contributed by atoms with Crippen LogP contribution in [0.4, 0.5) is 14.6 Å². The van der Waals surface area contributed by atoms with E-state index in [0.717, 1.165) is 12.1 Å². The average molecular weight is 450 g/mol. The minimum absolute atomic E-state index is 0.132. The number of aromatic amines is 1. The Kier molecular flexibility index (Phi) is 4.93. The second-order valence-corrected chi connectivity index (χ2v) is 7.48. The summed E-state index contributed by atoms with van der Waals surface area (Å²) >= 11 is 0.